The second-order valence-corrected chi connectivity index (χ2v) is 6.11. The van der Waals surface area contributed by atoms with E-state index in [4.69, 9.17) is 0 Å². The van der Waals surface area contributed by atoms with Gasteiger partial charge in [-0.2, -0.15) is 0 Å². The maximum Gasteiger partial charge on any atom is 0.0294 e. The average Bonchev–Trinajstić information content (AvgIpc) is 2.38. The first-order valence-corrected chi connectivity index (χ1v) is 7.47. The molecule has 0 saturated carbocycles. The van der Waals surface area contributed by atoms with Gasteiger partial charge in [0.2, 0.25) is 0 Å². The molecule has 1 nitrogen and oxygen atoms in total. The standard InChI is InChI=1S/C15H15Br2N/c1-11(13-4-8-15(17)9-5-13)18-10-12-2-6-14(16)7-3-12/h2-9,11,18H,10H2,1H3. The van der Waals surface area contributed by atoms with Crippen molar-refractivity contribution in [3.05, 3.63) is 68.6 Å². The van der Waals surface area contributed by atoms with Crippen molar-refractivity contribution in [3.63, 3.8) is 0 Å². The third kappa shape index (κ3) is 3.94. The highest BCUT2D eigenvalue weighted by Crippen LogP contribution is 2.17. The van der Waals surface area contributed by atoms with E-state index in [9.17, 15) is 0 Å². The molecule has 1 unspecified atom stereocenters. The summed E-state index contributed by atoms with van der Waals surface area (Å²) in [5, 5.41) is 3.52. The summed E-state index contributed by atoms with van der Waals surface area (Å²) in [5.74, 6) is 0. The Morgan fingerprint density at radius 1 is 0.889 bits per heavy atom. The van der Waals surface area contributed by atoms with Crippen molar-refractivity contribution in [2.45, 2.75) is 19.5 Å². The van der Waals surface area contributed by atoms with E-state index in [1.54, 1.807) is 0 Å². The van der Waals surface area contributed by atoms with Crippen LogP contribution in [0.3, 0.4) is 0 Å². The van der Waals surface area contributed by atoms with Crippen LogP contribution in [0.25, 0.3) is 0 Å². The van der Waals surface area contributed by atoms with Crippen LogP contribution in [0.2, 0.25) is 0 Å². The van der Waals surface area contributed by atoms with Crippen LogP contribution in [0.4, 0.5) is 0 Å². The second kappa shape index (κ2) is 6.50. The Hall–Kier alpha value is -0.640. The Morgan fingerprint density at radius 3 is 1.94 bits per heavy atom. The molecule has 0 aromatic heterocycles. The summed E-state index contributed by atoms with van der Waals surface area (Å²) in [5.41, 5.74) is 2.59. The SMILES string of the molecule is CC(NCc1ccc(Br)cc1)c1ccc(Br)cc1. The lowest BCUT2D eigenvalue weighted by Crippen LogP contribution is -2.17. The fourth-order valence-corrected chi connectivity index (χ4v) is 2.27. The molecule has 1 atom stereocenters. The fourth-order valence-electron chi connectivity index (χ4n) is 1.74. The van der Waals surface area contributed by atoms with Crippen molar-refractivity contribution in [1.82, 2.24) is 5.32 Å². The van der Waals surface area contributed by atoms with Crippen molar-refractivity contribution >= 4 is 31.9 Å². The molecule has 0 fully saturated rings. The Balaban J connectivity index is 1.93. The maximum atomic E-state index is 3.52. The van der Waals surface area contributed by atoms with Gasteiger partial charge in [-0.15, -0.1) is 0 Å². The Bertz CT molecular complexity index is 491. The molecule has 2 aromatic rings. The van der Waals surface area contributed by atoms with E-state index in [-0.39, 0.29) is 0 Å². The van der Waals surface area contributed by atoms with Gasteiger partial charge < -0.3 is 5.32 Å². The second-order valence-electron chi connectivity index (χ2n) is 4.28. The molecule has 1 N–H and O–H groups in total. The van der Waals surface area contributed by atoms with E-state index >= 15 is 0 Å². The average molecular weight is 369 g/mol. The van der Waals surface area contributed by atoms with E-state index in [0.29, 0.717) is 6.04 Å². The highest BCUT2D eigenvalue weighted by atomic mass is 79.9. The van der Waals surface area contributed by atoms with Gasteiger partial charge >= 0.3 is 0 Å². The predicted molar refractivity (Wildman–Crippen MR) is 83.5 cm³/mol. The van der Waals surface area contributed by atoms with Gasteiger partial charge in [-0.25, -0.2) is 0 Å². The maximum absolute atomic E-state index is 3.52. The summed E-state index contributed by atoms with van der Waals surface area (Å²) in [4.78, 5) is 0. The smallest absolute Gasteiger partial charge is 0.0294 e. The summed E-state index contributed by atoms with van der Waals surface area (Å²) in [6.07, 6.45) is 0. The van der Waals surface area contributed by atoms with E-state index in [1.807, 2.05) is 0 Å². The lowest BCUT2D eigenvalue weighted by molar-refractivity contribution is 0.574. The molecule has 0 radical (unpaired) electrons. The number of rotatable bonds is 4. The first-order chi connectivity index (χ1) is 8.65. The largest absolute Gasteiger partial charge is 0.306 e. The minimum absolute atomic E-state index is 0.349. The van der Waals surface area contributed by atoms with Crippen LogP contribution >= 0.6 is 31.9 Å². The number of benzene rings is 2. The molecule has 0 spiro atoms. The summed E-state index contributed by atoms with van der Waals surface area (Å²) in [6, 6.07) is 17.2. The van der Waals surface area contributed by atoms with Gasteiger partial charge in [0.15, 0.2) is 0 Å². The van der Waals surface area contributed by atoms with Crippen LogP contribution in [0, 0.1) is 0 Å². The van der Waals surface area contributed by atoms with Crippen LogP contribution in [0.5, 0.6) is 0 Å². The molecule has 0 bridgehead atoms. The Kier molecular flexibility index (Phi) is 4.98. The van der Waals surface area contributed by atoms with Gasteiger partial charge in [-0.1, -0.05) is 56.1 Å². The van der Waals surface area contributed by atoms with Crippen molar-refractivity contribution in [2.24, 2.45) is 0 Å². The number of hydrogen-bond donors (Lipinski definition) is 1. The monoisotopic (exact) mass is 367 g/mol. The van der Waals surface area contributed by atoms with E-state index in [2.05, 4.69) is 92.6 Å². The predicted octanol–water partition coefficient (Wildman–Crippen LogP) is 5.06. The first-order valence-electron chi connectivity index (χ1n) is 5.88. The van der Waals surface area contributed by atoms with Gasteiger partial charge in [0.1, 0.15) is 0 Å². The van der Waals surface area contributed by atoms with Crippen LogP contribution in [0.15, 0.2) is 57.5 Å². The van der Waals surface area contributed by atoms with E-state index in [0.717, 1.165) is 15.5 Å². The molecular formula is C15H15Br2N. The number of halogens is 2. The van der Waals surface area contributed by atoms with Crippen molar-refractivity contribution in [2.75, 3.05) is 0 Å². The topological polar surface area (TPSA) is 12.0 Å². The highest BCUT2D eigenvalue weighted by molar-refractivity contribution is 9.10. The molecule has 0 aliphatic carbocycles. The summed E-state index contributed by atoms with van der Waals surface area (Å²) >= 11 is 6.90. The zero-order valence-electron chi connectivity index (χ0n) is 10.2. The lowest BCUT2D eigenvalue weighted by Gasteiger charge is -2.14. The third-order valence-corrected chi connectivity index (χ3v) is 3.95. The molecule has 94 valence electrons. The molecule has 0 heterocycles. The third-order valence-electron chi connectivity index (χ3n) is 2.90. The lowest BCUT2D eigenvalue weighted by atomic mass is 10.1. The molecule has 0 amide bonds. The van der Waals surface area contributed by atoms with Crippen LogP contribution in [0.1, 0.15) is 24.1 Å². The van der Waals surface area contributed by atoms with Gasteiger partial charge in [-0.05, 0) is 42.3 Å². The zero-order chi connectivity index (χ0) is 13.0. The van der Waals surface area contributed by atoms with Gasteiger partial charge in [0, 0.05) is 21.5 Å². The molecule has 2 aromatic carbocycles. The van der Waals surface area contributed by atoms with E-state index in [1.165, 1.54) is 11.1 Å². The minimum Gasteiger partial charge on any atom is -0.306 e. The van der Waals surface area contributed by atoms with Gasteiger partial charge in [0.25, 0.3) is 0 Å². The van der Waals surface area contributed by atoms with Gasteiger partial charge in [0.05, 0.1) is 0 Å². The normalized spacial score (nSPS) is 12.4. The highest BCUT2D eigenvalue weighted by Gasteiger charge is 2.04. The number of nitrogens with one attached hydrogen (secondary N) is 1. The molecule has 18 heavy (non-hydrogen) atoms. The summed E-state index contributed by atoms with van der Waals surface area (Å²) < 4.78 is 2.23. The van der Waals surface area contributed by atoms with Gasteiger partial charge in [-0.3, -0.25) is 0 Å². The minimum atomic E-state index is 0.349. The van der Waals surface area contributed by atoms with Crippen LogP contribution < -0.4 is 5.32 Å². The first kappa shape index (κ1) is 13.8. The fraction of sp³-hybridized carbons (Fsp3) is 0.200. The summed E-state index contributed by atoms with van der Waals surface area (Å²) in [6.45, 7) is 3.06. The molecule has 0 aliphatic heterocycles. The quantitative estimate of drug-likeness (QED) is 0.794. The zero-order valence-corrected chi connectivity index (χ0v) is 13.3. The van der Waals surface area contributed by atoms with Crippen molar-refractivity contribution < 1.29 is 0 Å². The molecule has 0 saturated heterocycles. The van der Waals surface area contributed by atoms with Crippen LogP contribution in [-0.2, 0) is 6.54 Å². The molecule has 3 heteroatoms. The Labute approximate surface area is 125 Å². The molecule has 2 rings (SSSR count). The molecular weight excluding hydrogens is 354 g/mol. The van der Waals surface area contributed by atoms with Crippen LogP contribution in [-0.4, -0.2) is 0 Å². The number of hydrogen-bond acceptors (Lipinski definition) is 1. The van der Waals surface area contributed by atoms with Crippen molar-refractivity contribution in [1.29, 1.82) is 0 Å². The molecule has 0 aliphatic rings. The van der Waals surface area contributed by atoms with E-state index < -0.39 is 0 Å². The Morgan fingerprint density at radius 2 is 1.39 bits per heavy atom. The summed E-state index contributed by atoms with van der Waals surface area (Å²) in [7, 11) is 0. The van der Waals surface area contributed by atoms with Crippen molar-refractivity contribution in [3.8, 4) is 0 Å².